The van der Waals surface area contributed by atoms with Gasteiger partial charge in [0.25, 0.3) is 0 Å². The van der Waals surface area contributed by atoms with Gasteiger partial charge in [-0.1, -0.05) is 20.8 Å². The molecule has 126 valence electrons. The lowest BCUT2D eigenvalue weighted by molar-refractivity contribution is 0.152. The van der Waals surface area contributed by atoms with Crippen LogP contribution in [0.25, 0.3) is 0 Å². The fraction of sp³-hybridized carbons (Fsp3) is 0.750. The predicted octanol–water partition coefficient (Wildman–Crippen LogP) is 2.49. The van der Waals surface area contributed by atoms with Crippen molar-refractivity contribution in [2.75, 3.05) is 26.2 Å². The Kier molecular flexibility index (Phi) is 5.69. The molecule has 1 aliphatic carbocycles. The summed E-state index contributed by atoms with van der Waals surface area (Å²) < 4.78 is 27.1. The fourth-order valence-electron chi connectivity index (χ4n) is 3.36. The Bertz CT molecular complexity index is 542. The fourth-order valence-corrected chi connectivity index (χ4v) is 5.09. The van der Waals surface area contributed by atoms with Crippen LogP contribution in [0.15, 0.2) is 22.8 Å². The van der Waals surface area contributed by atoms with E-state index >= 15 is 0 Å². The zero-order valence-corrected chi connectivity index (χ0v) is 14.6. The topological polar surface area (TPSA) is 60.9 Å². The minimum Gasteiger partial charge on any atom is -0.512 e. The summed E-state index contributed by atoms with van der Waals surface area (Å²) in [5, 5.41) is 9.62. The van der Waals surface area contributed by atoms with E-state index in [4.69, 9.17) is 0 Å². The van der Waals surface area contributed by atoms with Gasteiger partial charge in [-0.05, 0) is 44.5 Å². The molecule has 5 nitrogen and oxygen atoms in total. The van der Waals surface area contributed by atoms with Gasteiger partial charge >= 0.3 is 0 Å². The average molecular weight is 328 g/mol. The lowest BCUT2D eigenvalue weighted by Gasteiger charge is -2.37. The largest absolute Gasteiger partial charge is 0.512 e. The van der Waals surface area contributed by atoms with Gasteiger partial charge in [-0.2, -0.15) is 4.31 Å². The monoisotopic (exact) mass is 328 g/mol. The van der Waals surface area contributed by atoms with Crippen molar-refractivity contribution < 1.29 is 13.5 Å². The first-order valence-corrected chi connectivity index (χ1v) is 9.68. The quantitative estimate of drug-likeness (QED) is 0.842. The van der Waals surface area contributed by atoms with E-state index in [0.717, 1.165) is 25.9 Å². The molecule has 0 spiro atoms. The van der Waals surface area contributed by atoms with E-state index in [0.29, 0.717) is 30.5 Å². The number of allylic oxidation sites excluding steroid dienone is 4. The Balaban J connectivity index is 2.04. The molecule has 0 aromatic carbocycles. The molecule has 0 saturated carbocycles. The number of aliphatic hydroxyl groups is 1. The Morgan fingerprint density at radius 3 is 2.32 bits per heavy atom. The molecule has 1 heterocycles. The van der Waals surface area contributed by atoms with Gasteiger partial charge in [0.1, 0.15) is 0 Å². The van der Waals surface area contributed by atoms with E-state index < -0.39 is 10.0 Å². The van der Waals surface area contributed by atoms with Crippen LogP contribution in [0.3, 0.4) is 0 Å². The highest BCUT2D eigenvalue weighted by Crippen LogP contribution is 2.30. The maximum Gasteiger partial charge on any atom is 0.239 e. The second-order valence-corrected chi connectivity index (χ2v) is 8.18. The second kappa shape index (κ2) is 7.15. The molecular weight excluding hydrogens is 300 g/mol. The van der Waals surface area contributed by atoms with E-state index in [1.54, 1.807) is 10.4 Å². The van der Waals surface area contributed by atoms with Crippen molar-refractivity contribution in [1.29, 1.82) is 0 Å². The van der Waals surface area contributed by atoms with Crippen LogP contribution in [0.1, 0.15) is 40.0 Å². The number of rotatable bonds is 5. The highest BCUT2D eigenvalue weighted by atomic mass is 32.2. The van der Waals surface area contributed by atoms with E-state index in [2.05, 4.69) is 18.7 Å². The average Bonchev–Trinajstić information content (AvgIpc) is 2.51. The summed E-state index contributed by atoms with van der Waals surface area (Å²) in [6, 6.07) is 0.490. The first-order valence-electron chi connectivity index (χ1n) is 8.24. The molecule has 0 radical (unpaired) electrons. The van der Waals surface area contributed by atoms with Crippen LogP contribution < -0.4 is 0 Å². The van der Waals surface area contributed by atoms with Crippen LogP contribution in [-0.4, -0.2) is 55.0 Å². The molecule has 1 atom stereocenters. The molecule has 0 amide bonds. The third kappa shape index (κ3) is 3.55. The van der Waals surface area contributed by atoms with Crippen LogP contribution in [0.2, 0.25) is 0 Å². The molecule has 0 bridgehead atoms. The molecule has 1 fully saturated rings. The summed E-state index contributed by atoms with van der Waals surface area (Å²) in [7, 11) is -3.38. The van der Waals surface area contributed by atoms with Crippen molar-refractivity contribution in [1.82, 2.24) is 9.21 Å². The van der Waals surface area contributed by atoms with E-state index in [1.165, 1.54) is 6.08 Å². The van der Waals surface area contributed by atoms with E-state index in [9.17, 15) is 13.5 Å². The minimum atomic E-state index is -3.38. The maximum absolute atomic E-state index is 12.7. The minimum absolute atomic E-state index is 0.122. The number of piperidine rings is 1. The van der Waals surface area contributed by atoms with Gasteiger partial charge in [0.05, 0.1) is 10.7 Å². The molecule has 0 aromatic rings. The number of aliphatic hydroxyl groups excluding tert-OH is 1. The third-order valence-corrected chi connectivity index (χ3v) is 6.89. The Morgan fingerprint density at radius 1 is 1.23 bits per heavy atom. The van der Waals surface area contributed by atoms with Crippen molar-refractivity contribution in [3.63, 3.8) is 0 Å². The van der Waals surface area contributed by atoms with Gasteiger partial charge in [-0.15, -0.1) is 0 Å². The van der Waals surface area contributed by atoms with Crippen molar-refractivity contribution in [3.8, 4) is 0 Å². The van der Waals surface area contributed by atoms with Crippen LogP contribution >= 0.6 is 0 Å². The smallest absolute Gasteiger partial charge is 0.239 e. The SMILES string of the molecule is CCN(CC)C1CCN(S(=O)(=O)C2=CC=C(O)C(C)C2)CC1. The van der Waals surface area contributed by atoms with Crippen molar-refractivity contribution in [3.05, 3.63) is 22.8 Å². The van der Waals surface area contributed by atoms with Crippen molar-refractivity contribution in [2.24, 2.45) is 5.92 Å². The molecule has 6 heteroatoms. The first-order chi connectivity index (χ1) is 10.4. The van der Waals surface area contributed by atoms with Crippen molar-refractivity contribution in [2.45, 2.75) is 46.1 Å². The zero-order valence-electron chi connectivity index (χ0n) is 13.8. The summed E-state index contributed by atoms with van der Waals surface area (Å²) in [4.78, 5) is 2.84. The van der Waals surface area contributed by atoms with Crippen LogP contribution in [0.4, 0.5) is 0 Å². The number of hydrogen-bond acceptors (Lipinski definition) is 4. The molecule has 0 aromatic heterocycles. The standard InChI is InChI=1S/C16H28N2O3S/c1-4-17(5-2)14-8-10-18(11-9-14)22(20,21)15-6-7-16(19)13(3)12-15/h6-7,13-14,19H,4-5,8-12H2,1-3H3. The highest BCUT2D eigenvalue weighted by Gasteiger charge is 2.33. The van der Waals surface area contributed by atoms with Gasteiger partial charge in [0, 0.05) is 25.0 Å². The molecule has 1 saturated heterocycles. The maximum atomic E-state index is 12.7. The number of sulfonamides is 1. The Morgan fingerprint density at radius 2 is 1.82 bits per heavy atom. The third-order valence-electron chi connectivity index (χ3n) is 4.88. The van der Waals surface area contributed by atoms with E-state index in [1.807, 2.05) is 6.92 Å². The van der Waals surface area contributed by atoms with Crippen LogP contribution in [0, 0.1) is 5.92 Å². The predicted molar refractivity (Wildman–Crippen MR) is 89.0 cm³/mol. The molecule has 2 aliphatic rings. The summed E-state index contributed by atoms with van der Waals surface area (Å²) >= 11 is 0. The normalized spacial score (nSPS) is 25.2. The summed E-state index contributed by atoms with van der Waals surface area (Å²) in [5.41, 5.74) is 0. The van der Waals surface area contributed by atoms with Gasteiger partial charge in [0.2, 0.25) is 10.0 Å². The van der Waals surface area contributed by atoms with Gasteiger partial charge < -0.3 is 10.0 Å². The van der Waals surface area contributed by atoms with Crippen LogP contribution in [-0.2, 0) is 10.0 Å². The Labute approximate surface area is 134 Å². The summed E-state index contributed by atoms with van der Waals surface area (Å²) in [6.45, 7) is 9.36. The van der Waals surface area contributed by atoms with Gasteiger partial charge in [-0.25, -0.2) is 8.42 Å². The zero-order chi connectivity index (χ0) is 16.3. The van der Waals surface area contributed by atoms with E-state index in [-0.39, 0.29) is 11.7 Å². The summed E-state index contributed by atoms with van der Waals surface area (Å²) in [6.07, 6.45) is 5.25. The first kappa shape index (κ1) is 17.5. The molecule has 1 unspecified atom stereocenters. The molecule has 1 N–H and O–H groups in total. The summed E-state index contributed by atoms with van der Waals surface area (Å²) in [5.74, 6) is 0.141. The van der Waals surface area contributed by atoms with Crippen LogP contribution in [0.5, 0.6) is 0 Å². The number of nitrogens with zero attached hydrogens (tertiary/aromatic N) is 2. The molecule has 1 aliphatic heterocycles. The van der Waals surface area contributed by atoms with Gasteiger partial charge in [0.15, 0.2) is 0 Å². The highest BCUT2D eigenvalue weighted by molar-refractivity contribution is 7.93. The Hall–Kier alpha value is -0.850. The van der Waals surface area contributed by atoms with Gasteiger partial charge in [-0.3, -0.25) is 0 Å². The molecule has 22 heavy (non-hydrogen) atoms. The van der Waals surface area contributed by atoms with Crippen molar-refractivity contribution >= 4 is 10.0 Å². The molecule has 2 rings (SSSR count). The number of hydrogen-bond donors (Lipinski definition) is 1. The lowest BCUT2D eigenvalue weighted by atomic mass is 10.0. The molecular formula is C16H28N2O3S. The lowest BCUT2D eigenvalue weighted by Crippen LogP contribution is -2.47. The second-order valence-electron chi connectivity index (χ2n) is 6.19.